The first-order valence-electron chi connectivity index (χ1n) is 9.73. The molecule has 1 unspecified atom stereocenters. The number of aliphatic hydroxyl groups excluding tert-OH is 1. The van der Waals surface area contributed by atoms with Crippen LogP contribution in [0.15, 0.2) is 54.1 Å². The van der Waals surface area contributed by atoms with Gasteiger partial charge < -0.3 is 14.9 Å². The van der Waals surface area contributed by atoms with E-state index in [1.54, 1.807) is 12.1 Å². The lowest BCUT2D eigenvalue weighted by Gasteiger charge is -2.37. The third-order valence-electron chi connectivity index (χ3n) is 5.20. The van der Waals surface area contributed by atoms with E-state index >= 15 is 0 Å². The molecule has 1 aliphatic rings. The zero-order valence-corrected chi connectivity index (χ0v) is 16.5. The van der Waals surface area contributed by atoms with Crippen LogP contribution in [0.1, 0.15) is 51.2 Å². The Hall–Kier alpha value is -2.26. The summed E-state index contributed by atoms with van der Waals surface area (Å²) in [5.41, 5.74) is 5.34. The summed E-state index contributed by atoms with van der Waals surface area (Å²) in [4.78, 5) is 0. The van der Waals surface area contributed by atoms with Gasteiger partial charge in [-0.25, -0.2) is 0 Å². The van der Waals surface area contributed by atoms with Crippen molar-refractivity contribution < 1.29 is 14.9 Å². The molecule has 0 heterocycles. The summed E-state index contributed by atoms with van der Waals surface area (Å²) in [5.74, 6) is 1.71. The quantitative estimate of drug-likeness (QED) is 0.744. The largest absolute Gasteiger partial charge is 0.508 e. The highest BCUT2D eigenvalue weighted by molar-refractivity contribution is 5.82. The van der Waals surface area contributed by atoms with Gasteiger partial charge in [0.05, 0.1) is 6.61 Å². The van der Waals surface area contributed by atoms with Gasteiger partial charge in [-0.05, 0) is 71.6 Å². The van der Waals surface area contributed by atoms with Crippen LogP contribution in [-0.4, -0.2) is 23.4 Å². The molecule has 27 heavy (non-hydrogen) atoms. The molecule has 0 spiro atoms. The average molecular weight is 367 g/mol. The fourth-order valence-corrected chi connectivity index (χ4v) is 4.43. The Labute approximate surface area is 162 Å². The van der Waals surface area contributed by atoms with Crippen molar-refractivity contribution in [1.29, 1.82) is 0 Å². The van der Waals surface area contributed by atoms with E-state index < -0.39 is 0 Å². The molecule has 0 amide bonds. The minimum atomic E-state index is 0.0114. The fourth-order valence-electron chi connectivity index (χ4n) is 4.43. The van der Waals surface area contributed by atoms with Crippen molar-refractivity contribution in [2.75, 3.05) is 13.2 Å². The van der Waals surface area contributed by atoms with Crippen molar-refractivity contribution >= 4 is 5.57 Å². The summed E-state index contributed by atoms with van der Waals surface area (Å²) in [6.45, 7) is 7.35. The maximum atomic E-state index is 9.71. The van der Waals surface area contributed by atoms with E-state index in [1.165, 1.54) is 17.6 Å². The molecule has 2 aromatic carbocycles. The second-order valence-corrected chi connectivity index (χ2v) is 8.48. The highest BCUT2D eigenvalue weighted by atomic mass is 16.5. The molecule has 0 saturated heterocycles. The molecule has 0 bridgehead atoms. The molecule has 0 radical (unpaired) electrons. The van der Waals surface area contributed by atoms with Gasteiger partial charge in [0.2, 0.25) is 0 Å². The number of ether oxygens (including phenoxy) is 1. The molecular weight excluding hydrogens is 336 g/mol. The van der Waals surface area contributed by atoms with Gasteiger partial charge in [-0.3, -0.25) is 0 Å². The van der Waals surface area contributed by atoms with Crippen molar-refractivity contribution in [1.82, 2.24) is 0 Å². The van der Waals surface area contributed by atoms with E-state index in [9.17, 15) is 5.11 Å². The Morgan fingerprint density at radius 2 is 1.63 bits per heavy atom. The summed E-state index contributed by atoms with van der Waals surface area (Å²) < 4.78 is 5.51. The Kier molecular flexibility index (Phi) is 5.91. The van der Waals surface area contributed by atoms with Crippen LogP contribution < -0.4 is 4.74 Å². The lowest BCUT2D eigenvalue weighted by atomic mass is 9.68. The Bertz CT molecular complexity index is 785. The van der Waals surface area contributed by atoms with E-state index in [1.807, 2.05) is 24.3 Å². The molecule has 1 fully saturated rings. The number of benzene rings is 2. The van der Waals surface area contributed by atoms with Crippen LogP contribution in [0.25, 0.3) is 5.57 Å². The fraction of sp³-hybridized carbons (Fsp3) is 0.417. The summed E-state index contributed by atoms with van der Waals surface area (Å²) in [7, 11) is 0. The Morgan fingerprint density at radius 1 is 1.04 bits per heavy atom. The number of rotatable bonds is 5. The first-order chi connectivity index (χ1) is 12.9. The van der Waals surface area contributed by atoms with Crippen molar-refractivity contribution in [3.05, 3.63) is 65.2 Å². The van der Waals surface area contributed by atoms with Gasteiger partial charge in [0.1, 0.15) is 18.1 Å². The van der Waals surface area contributed by atoms with Crippen LogP contribution in [-0.2, 0) is 0 Å². The molecular formula is C24H30O3. The van der Waals surface area contributed by atoms with Gasteiger partial charge in [-0.2, -0.15) is 0 Å². The van der Waals surface area contributed by atoms with Crippen molar-refractivity contribution in [3.8, 4) is 11.5 Å². The van der Waals surface area contributed by atoms with E-state index in [0.717, 1.165) is 29.7 Å². The predicted octanol–water partition coefficient (Wildman–Crippen LogP) is 5.41. The van der Waals surface area contributed by atoms with E-state index in [2.05, 4.69) is 32.9 Å². The average Bonchev–Trinajstić information content (AvgIpc) is 2.61. The summed E-state index contributed by atoms with van der Waals surface area (Å²) in [6, 6.07) is 15.6. The predicted molar refractivity (Wildman–Crippen MR) is 110 cm³/mol. The lowest BCUT2D eigenvalue weighted by Crippen LogP contribution is -2.23. The molecule has 3 heteroatoms. The monoisotopic (exact) mass is 366 g/mol. The summed E-state index contributed by atoms with van der Waals surface area (Å²) in [6.07, 6.45) is 3.42. The van der Waals surface area contributed by atoms with E-state index in [0.29, 0.717) is 17.9 Å². The number of phenolic OH excluding ortho intramolecular Hbond substituents is 1. The maximum absolute atomic E-state index is 9.71. The second kappa shape index (κ2) is 8.18. The van der Waals surface area contributed by atoms with Gasteiger partial charge in [0.25, 0.3) is 0 Å². The van der Waals surface area contributed by atoms with Crippen LogP contribution >= 0.6 is 0 Å². The lowest BCUT2D eigenvalue weighted by molar-refractivity contribution is 0.201. The molecule has 144 valence electrons. The second-order valence-electron chi connectivity index (χ2n) is 8.48. The zero-order valence-electron chi connectivity index (χ0n) is 16.5. The van der Waals surface area contributed by atoms with Crippen LogP contribution in [0.5, 0.6) is 11.5 Å². The van der Waals surface area contributed by atoms with Gasteiger partial charge in [-0.1, -0.05) is 50.6 Å². The maximum Gasteiger partial charge on any atom is 0.119 e. The van der Waals surface area contributed by atoms with Crippen LogP contribution in [0.4, 0.5) is 0 Å². The van der Waals surface area contributed by atoms with Crippen molar-refractivity contribution in [2.24, 2.45) is 11.3 Å². The number of aliphatic hydroxyl groups is 1. The first kappa shape index (κ1) is 19.5. The van der Waals surface area contributed by atoms with Crippen LogP contribution in [0, 0.1) is 11.3 Å². The number of aromatic hydroxyl groups is 1. The smallest absolute Gasteiger partial charge is 0.119 e. The molecule has 0 aliphatic heterocycles. The number of hydrogen-bond donors (Lipinski definition) is 2. The summed E-state index contributed by atoms with van der Waals surface area (Å²) in [5, 5.41) is 18.6. The Balaban J connectivity index is 2.05. The van der Waals surface area contributed by atoms with Crippen molar-refractivity contribution in [2.45, 2.75) is 40.0 Å². The minimum absolute atomic E-state index is 0.0114. The third-order valence-corrected chi connectivity index (χ3v) is 5.20. The SMILES string of the molecule is CC1C/C(=C(/c2ccc(O)cc2)c2ccc(OCCO)cc2)CC(C)(C)C1. The number of phenols is 1. The molecule has 2 aromatic rings. The van der Waals surface area contributed by atoms with E-state index in [4.69, 9.17) is 9.84 Å². The zero-order chi connectivity index (χ0) is 19.4. The normalized spacial score (nSPS) is 21.0. The molecule has 1 aliphatic carbocycles. The molecule has 0 aromatic heterocycles. The number of allylic oxidation sites excluding steroid dienone is 1. The van der Waals surface area contributed by atoms with Crippen molar-refractivity contribution in [3.63, 3.8) is 0 Å². The molecule has 1 saturated carbocycles. The van der Waals surface area contributed by atoms with Gasteiger partial charge in [-0.15, -0.1) is 0 Å². The van der Waals surface area contributed by atoms with Crippen LogP contribution in [0.3, 0.4) is 0 Å². The van der Waals surface area contributed by atoms with Crippen LogP contribution in [0.2, 0.25) is 0 Å². The summed E-state index contributed by atoms with van der Waals surface area (Å²) >= 11 is 0. The molecule has 1 atom stereocenters. The molecule has 3 nitrogen and oxygen atoms in total. The van der Waals surface area contributed by atoms with Gasteiger partial charge in [0, 0.05) is 0 Å². The standard InChI is InChI=1S/C24H30O3/c1-17-14-20(16-24(2,3)15-17)23(18-4-8-21(26)9-5-18)19-6-10-22(11-7-19)27-13-12-25/h4-11,17,25-26H,12-16H2,1-3H3/b23-20+. The topological polar surface area (TPSA) is 49.7 Å². The minimum Gasteiger partial charge on any atom is -0.508 e. The highest BCUT2D eigenvalue weighted by Crippen LogP contribution is 2.45. The first-order valence-corrected chi connectivity index (χ1v) is 9.73. The third kappa shape index (κ3) is 4.92. The van der Waals surface area contributed by atoms with E-state index in [-0.39, 0.29) is 12.4 Å². The highest BCUT2D eigenvalue weighted by Gasteiger charge is 2.30. The number of hydrogen-bond acceptors (Lipinski definition) is 3. The van der Waals surface area contributed by atoms with Gasteiger partial charge in [0.15, 0.2) is 0 Å². The molecule has 2 N–H and O–H groups in total. The Morgan fingerprint density at radius 3 is 2.19 bits per heavy atom. The van der Waals surface area contributed by atoms with Gasteiger partial charge >= 0.3 is 0 Å². The molecule has 3 rings (SSSR count).